The molecule has 0 aromatic carbocycles. The highest BCUT2D eigenvalue weighted by Gasteiger charge is 2.27. The largest absolute Gasteiger partial charge is 0.310 e. The van der Waals surface area contributed by atoms with Crippen LogP contribution in [0.1, 0.15) is 19.3 Å². The Hall–Kier alpha value is -0.0800. The molecule has 0 spiro atoms. The van der Waals surface area contributed by atoms with Crippen molar-refractivity contribution in [1.29, 1.82) is 0 Å². The molecule has 2 saturated heterocycles. The van der Waals surface area contributed by atoms with Gasteiger partial charge < -0.3 is 10.2 Å². The third kappa shape index (κ3) is 1.18. The average Bonchev–Trinajstić information content (AvgIpc) is 2.22. The Morgan fingerprint density at radius 1 is 1.20 bits per heavy atom. The van der Waals surface area contributed by atoms with Gasteiger partial charge in [0.2, 0.25) is 0 Å². The first kappa shape index (κ1) is 6.62. The van der Waals surface area contributed by atoms with Gasteiger partial charge in [0.15, 0.2) is 0 Å². The summed E-state index contributed by atoms with van der Waals surface area (Å²) < 4.78 is 0. The van der Waals surface area contributed by atoms with E-state index in [0.29, 0.717) is 0 Å². The van der Waals surface area contributed by atoms with E-state index in [1.807, 2.05) is 0 Å². The molecule has 0 unspecified atom stereocenters. The number of nitrogens with zero attached hydrogens (tertiary/aromatic N) is 1. The van der Waals surface area contributed by atoms with Crippen LogP contribution in [0.5, 0.6) is 0 Å². The van der Waals surface area contributed by atoms with Crippen molar-refractivity contribution in [3.05, 3.63) is 0 Å². The second kappa shape index (κ2) is 2.51. The Morgan fingerprint density at radius 2 is 2.00 bits per heavy atom. The number of likely N-dealkylation sites (tertiary alicyclic amines) is 1. The summed E-state index contributed by atoms with van der Waals surface area (Å²) in [5.74, 6) is 0. The highest BCUT2D eigenvalue weighted by Crippen LogP contribution is 2.18. The smallest absolute Gasteiger partial charge is 0.0198 e. The van der Waals surface area contributed by atoms with Gasteiger partial charge in [-0.05, 0) is 32.9 Å². The lowest BCUT2D eigenvalue weighted by Gasteiger charge is -2.17. The lowest BCUT2D eigenvalue weighted by molar-refractivity contribution is 0.313. The third-order valence-corrected chi connectivity index (χ3v) is 2.73. The normalized spacial score (nSPS) is 41.7. The van der Waals surface area contributed by atoms with Gasteiger partial charge in [-0.3, -0.25) is 0 Å². The van der Waals surface area contributed by atoms with E-state index in [1.54, 1.807) is 0 Å². The van der Waals surface area contributed by atoms with Gasteiger partial charge in [-0.25, -0.2) is 0 Å². The van der Waals surface area contributed by atoms with Gasteiger partial charge >= 0.3 is 0 Å². The molecule has 58 valence electrons. The summed E-state index contributed by atoms with van der Waals surface area (Å²) in [6, 6.07) is 1.65. The van der Waals surface area contributed by atoms with Crippen molar-refractivity contribution in [1.82, 2.24) is 10.2 Å². The van der Waals surface area contributed by atoms with E-state index in [9.17, 15) is 0 Å². The van der Waals surface area contributed by atoms with E-state index < -0.39 is 0 Å². The molecule has 2 heteroatoms. The first-order valence-electron chi connectivity index (χ1n) is 4.29. The van der Waals surface area contributed by atoms with E-state index in [0.717, 1.165) is 12.1 Å². The fraction of sp³-hybridized carbons (Fsp3) is 1.00. The average molecular weight is 140 g/mol. The van der Waals surface area contributed by atoms with Gasteiger partial charge in [-0.2, -0.15) is 0 Å². The van der Waals surface area contributed by atoms with Crippen molar-refractivity contribution in [3.8, 4) is 0 Å². The van der Waals surface area contributed by atoms with E-state index in [-0.39, 0.29) is 0 Å². The Bertz CT molecular complexity index is 124. The molecule has 10 heavy (non-hydrogen) atoms. The van der Waals surface area contributed by atoms with Crippen molar-refractivity contribution < 1.29 is 0 Å². The minimum atomic E-state index is 0.803. The van der Waals surface area contributed by atoms with Crippen molar-refractivity contribution in [2.45, 2.75) is 31.3 Å². The van der Waals surface area contributed by atoms with E-state index in [1.165, 1.54) is 32.4 Å². The quantitative estimate of drug-likeness (QED) is 0.525. The molecule has 2 rings (SSSR count). The molecule has 2 atom stereocenters. The first-order valence-corrected chi connectivity index (χ1v) is 4.29. The molecule has 0 saturated carbocycles. The zero-order valence-corrected chi connectivity index (χ0v) is 6.64. The fourth-order valence-electron chi connectivity index (χ4n) is 2.12. The number of hydrogen-bond acceptors (Lipinski definition) is 2. The molecule has 0 aromatic rings. The molecule has 0 amide bonds. The molecule has 2 aliphatic heterocycles. The van der Waals surface area contributed by atoms with Gasteiger partial charge in [0.05, 0.1) is 0 Å². The van der Waals surface area contributed by atoms with Crippen molar-refractivity contribution >= 4 is 0 Å². The van der Waals surface area contributed by atoms with Crippen molar-refractivity contribution in [2.75, 3.05) is 20.1 Å². The Kier molecular flexibility index (Phi) is 1.66. The molecule has 2 heterocycles. The predicted molar refractivity (Wildman–Crippen MR) is 42.1 cm³/mol. The van der Waals surface area contributed by atoms with Crippen LogP contribution >= 0.6 is 0 Å². The number of hydrogen-bond donors (Lipinski definition) is 1. The van der Waals surface area contributed by atoms with Crippen LogP contribution in [0.25, 0.3) is 0 Å². The van der Waals surface area contributed by atoms with Crippen molar-refractivity contribution in [2.24, 2.45) is 0 Å². The topological polar surface area (TPSA) is 15.3 Å². The maximum Gasteiger partial charge on any atom is 0.0198 e. The maximum atomic E-state index is 3.64. The molecule has 2 aliphatic rings. The summed E-state index contributed by atoms with van der Waals surface area (Å²) in [7, 11) is 2.22. The Balaban J connectivity index is 1.99. The lowest BCUT2D eigenvalue weighted by atomic mass is 10.1. The highest BCUT2D eigenvalue weighted by atomic mass is 15.2. The zero-order valence-electron chi connectivity index (χ0n) is 6.64. The van der Waals surface area contributed by atoms with Crippen LogP contribution in [-0.4, -0.2) is 37.1 Å². The van der Waals surface area contributed by atoms with E-state index in [4.69, 9.17) is 0 Å². The van der Waals surface area contributed by atoms with Gasteiger partial charge in [-0.15, -0.1) is 0 Å². The van der Waals surface area contributed by atoms with Crippen LogP contribution in [0.2, 0.25) is 0 Å². The number of nitrogens with one attached hydrogen (secondary N) is 1. The second-order valence-corrected chi connectivity index (χ2v) is 3.69. The molecule has 1 N–H and O–H groups in total. The van der Waals surface area contributed by atoms with Crippen LogP contribution in [0.4, 0.5) is 0 Å². The molecular weight excluding hydrogens is 124 g/mol. The lowest BCUT2D eigenvalue weighted by Crippen LogP contribution is -2.33. The van der Waals surface area contributed by atoms with Gasteiger partial charge in [0.25, 0.3) is 0 Å². The monoisotopic (exact) mass is 140 g/mol. The van der Waals surface area contributed by atoms with E-state index >= 15 is 0 Å². The third-order valence-electron chi connectivity index (χ3n) is 2.73. The standard InChI is InChI=1S/C8H16N2/c1-10-5-4-7-2-3-8(6-10)9-7/h7-9H,2-6H2,1H3/t7-,8+/m0/s1. The van der Waals surface area contributed by atoms with Crippen LogP contribution in [0.3, 0.4) is 0 Å². The number of rotatable bonds is 0. The van der Waals surface area contributed by atoms with Gasteiger partial charge in [-0.1, -0.05) is 0 Å². The highest BCUT2D eigenvalue weighted by molar-refractivity contribution is 4.88. The van der Waals surface area contributed by atoms with Crippen LogP contribution in [0, 0.1) is 0 Å². The van der Waals surface area contributed by atoms with Gasteiger partial charge in [0.1, 0.15) is 0 Å². The van der Waals surface area contributed by atoms with Crippen LogP contribution < -0.4 is 5.32 Å². The molecule has 0 radical (unpaired) electrons. The summed E-state index contributed by atoms with van der Waals surface area (Å²) in [5.41, 5.74) is 0. The molecule has 2 fully saturated rings. The number of fused-ring (bicyclic) bond motifs is 2. The molecule has 2 bridgehead atoms. The molecule has 2 nitrogen and oxygen atoms in total. The summed E-state index contributed by atoms with van der Waals surface area (Å²) in [4.78, 5) is 2.44. The summed E-state index contributed by atoms with van der Waals surface area (Å²) in [6.07, 6.45) is 4.17. The SMILES string of the molecule is CN1CC[C@@H]2CC[C@H](C1)N2. The minimum absolute atomic E-state index is 0.803. The Morgan fingerprint density at radius 3 is 2.90 bits per heavy atom. The second-order valence-electron chi connectivity index (χ2n) is 3.69. The summed E-state index contributed by atoms with van der Waals surface area (Å²) in [6.45, 7) is 2.55. The van der Waals surface area contributed by atoms with Gasteiger partial charge in [0, 0.05) is 18.6 Å². The first-order chi connectivity index (χ1) is 4.84. The Labute approximate surface area is 62.6 Å². The molecule has 0 aliphatic carbocycles. The van der Waals surface area contributed by atoms with Crippen LogP contribution in [0.15, 0.2) is 0 Å². The minimum Gasteiger partial charge on any atom is -0.310 e. The molecule has 0 aromatic heterocycles. The van der Waals surface area contributed by atoms with Crippen LogP contribution in [-0.2, 0) is 0 Å². The van der Waals surface area contributed by atoms with Crippen molar-refractivity contribution in [3.63, 3.8) is 0 Å². The summed E-state index contributed by atoms with van der Waals surface area (Å²) in [5, 5.41) is 3.64. The number of likely N-dealkylation sites (N-methyl/N-ethyl adjacent to an activating group) is 1. The predicted octanol–water partition coefficient (Wildman–Crippen LogP) is 0.442. The summed E-state index contributed by atoms with van der Waals surface area (Å²) >= 11 is 0. The van der Waals surface area contributed by atoms with E-state index in [2.05, 4.69) is 17.3 Å². The maximum absolute atomic E-state index is 3.64. The molecular formula is C8H16N2. The fourth-order valence-corrected chi connectivity index (χ4v) is 2.12. The zero-order chi connectivity index (χ0) is 6.97.